The molecule has 0 unspecified atom stereocenters. The first-order chi connectivity index (χ1) is 10.1. The lowest BCUT2D eigenvalue weighted by molar-refractivity contribution is -0.124. The first-order valence-electron chi connectivity index (χ1n) is 5.80. The van der Waals surface area contributed by atoms with E-state index in [-0.39, 0.29) is 18.1 Å². The second-order valence-corrected chi connectivity index (χ2v) is 4.67. The number of carbonyl (C=O) groups is 2. The average molecular weight is 355 g/mol. The van der Waals surface area contributed by atoms with Crippen molar-refractivity contribution >= 4 is 33.6 Å². The largest absolute Gasteiger partial charge is 0.467 e. The Balaban J connectivity index is 1.83. The van der Waals surface area contributed by atoms with E-state index in [4.69, 9.17) is 14.9 Å². The lowest BCUT2D eigenvalue weighted by Crippen LogP contribution is -2.28. The molecule has 0 aromatic carbocycles. The maximum Gasteiger partial charge on any atom is 0.361 e. The highest BCUT2D eigenvalue weighted by Crippen LogP contribution is 2.11. The fourth-order valence-electron chi connectivity index (χ4n) is 1.38. The van der Waals surface area contributed by atoms with Crippen molar-refractivity contribution in [2.75, 3.05) is 12.3 Å². The SMILES string of the molecule is Nc1ncc(Br)nc1C(=O)OCC(=O)NCc1ccco1. The minimum atomic E-state index is -0.825. The second-order valence-electron chi connectivity index (χ2n) is 3.86. The molecule has 2 heterocycles. The number of nitrogens with one attached hydrogen (secondary N) is 1. The number of carbonyl (C=O) groups excluding carboxylic acids is 2. The van der Waals surface area contributed by atoms with Crippen LogP contribution in [0.15, 0.2) is 33.6 Å². The van der Waals surface area contributed by atoms with Crippen molar-refractivity contribution in [3.63, 3.8) is 0 Å². The minimum Gasteiger partial charge on any atom is -0.467 e. The van der Waals surface area contributed by atoms with E-state index in [9.17, 15) is 9.59 Å². The van der Waals surface area contributed by atoms with Crippen LogP contribution in [0.4, 0.5) is 5.82 Å². The van der Waals surface area contributed by atoms with E-state index >= 15 is 0 Å². The van der Waals surface area contributed by atoms with E-state index in [1.54, 1.807) is 12.1 Å². The van der Waals surface area contributed by atoms with Crippen LogP contribution in [0.2, 0.25) is 0 Å². The summed E-state index contributed by atoms with van der Waals surface area (Å²) in [4.78, 5) is 30.8. The highest BCUT2D eigenvalue weighted by Gasteiger charge is 2.16. The van der Waals surface area contributed by atoms with E-state index in [0.717, 1.165) is 0 Å². The Morgan fingerprint density at radius 1 is 1.48 bits per heavy atom. The smallest absolute Gasteiger partial charge is 0.361 e. The zero-order chi connectivity index (χ0) is 15.2. The van der Waals surface area contributed by atoms with Gasteiger partial charge in [-0.25, -0.2) is 14.8 Å². The van der Waals surface area contributed by atoms with E-state index in [0.29, 0.717) is 10.4 Å². The van der Waals surface area contributed by atoms with Crippen molar-refractivity contribution < 1.29 is 18.7 Å². The third kappa shape index (κ3) is 4.28. The number of rotatable bonds is 5. The molecule has 2 aromatic heterocycles. The van der Waals surface area contributed by atoms with Gasteiger partial charge in [0.25, 0.3) is 5.91 Å². The third-order valence-electron chi connectivity index (χ3n) is 2.34. The first kappa shape index (κ1) is 15.0. The molecule has 110 valence electrons. The molecule has 0 saturated carbocycles. The number of furan rings is 1. The molecule has 21 heavy (non-hydrogen) atoms. The molecule has 0 aliphatic carbocycles. The summed E-state index contributed by atoms with van der Waals surface area (Å²) in [6.45, 7) is -0.241. The van der Waals surface area contributed by atoms with Gasteiger partial charge in [0.1, 0.15) is 10.4 Å². The van der Waals surface area contributed by atoms with E-state index in [2.05, 4.69) is 31.2 Å². The number of aromatic nitrogens is 2. The quantitative estimate of drug-likeness (QED) is 0.764. The fourth-order valence-corrected chi connectivity index (χ4v) is 1.66. The highest BCUT2D eigenvalue weighted by atomic mass is 79.9. The van der Waals surface area contributed by atoms with Gasteiger partial charge in [-0.3, -0.25) is 4.79 Å². The number of hydrogen-bond acceptors (Lipinski definition) is 7. The molecular formula is C12H11BrN4O4. The summed E-state index contributed by atoms with van der Waals surface area (Å²) in [5.41, 5.74) is 5.36. The molecule has 3 N–H and O–H groups in total. The molecule has 1 amide bonds. The Labute approximate surface area is 127 Å². The summed E-state index contributed by atoms with van der Waals surface area (Å²) in [7, 11) is 0. The van der Waals surface area contributed by atoms with Gasteiger partial charge in [0.15, 0.2) is 18.1 Å². The van der Waals surface area contributed by atoms with Crippen LogP contribution < -0.4 is 11.1 Å². The van der Waals surface area contributed by atoms with Crippen LogP contribution in [0.1, 0.15) is 16.2 Å². The molecular weight excluding hydrogens is 344 g/mol. The highest BCUT2D eigenvalue weighted by molar-refractivity contribution is 9.10. The molecule has 0 spiro atoms. The zero-order valence-corrected chi connectivity index (χ0v) is 12.3. The van der Waals surface area contributed by atoms with Crippen LogP contribution in [0, 0.1) is 0 Å². The van der Waals surface area contributed by atoms with Gasteiger partial charge in [-0.15, -0.1) is 0 Å². The third-order valence-corrected chi connectivity index (χ3v) is 2.72. The minimum absolute atomic E-state index is 0.0702. The van der Waals surface area contributed by atoms with E-state index < -0.39 is 18.5 Å². The number of amides is 1. The van der Waals surface area contributed by atoms with Crippen LogP contribution in [-0.4, -0.2) is 28.5 Å². The number of nitrogens with zero attached hydrogens (tertiary/aromatic N) is 2. The Kier molecular flexibility index (Phi) is 4.88. The van der Waals surface area contributed by atoms with Crippen molar-refractivity contribution in [1.29, 1.82) is 0 Å². The molecule has 8 nitrogen and oxygen atoms in total. The molecule has 0 fully saturated rings. The van der Waals surface area contributed by atoms with Gasteiger partial charge in [0, 0.05) is 0 Å². The van der Waals surface area contributed by atoms with Gasteiger partial charge in [-0.05, 0) is 28.1 Å². The van der Waals surface area contributed by atoms with Crippen LogP contribution in [0.3, 0.4) is 0 Å². The van der Waals surface area contributed by atoms with Crippen LogP contribution >= 0.6 is 15.9 Å². The average Bonchev–Trinajstić information content (AvgIpc) is 2.98. The number of anilines is 1. The van der Waals surface area contributed by atoms with E-state index in [1.165, 1.54) is 12.5 Å². The lowest BCUT2D eigenvalue weighted by Gasteiger charge is -2.06. The zero-order valence-electron chi connectivity index (χ0n) is 10.7. The Hall–Kier alpha value is -2.42. The normalized spacial score (nSPS) is 10.1. The maximum absolute atomic E-state index is 11.7. The molecule has 0 bridgehead atoms. The molecule has 2 rings (SSSR count). The van der Waals surface area contributed by atoms with Gasteiger partial charge >= 0.3 is 5.97 Å². The molecule has 0 atom stereocenters. The van der Waals surface area contributed by atoms with E-state index in [1.807, 2.05) is 0 Å². The van der Waals surface area contributed by atoms with Crippen LogP contribution in [-0.2, 0) is 16.1 Å². The van der Waals surface area contributed by atoms with Gasteiger partial charge in [-0.2, -0.15) is 0 Å². The summed E-state index contributed by atoms with van der Waals surface area (Å²) in [5, 5.41) is 2.53. The van der Waals surface area contributed by atoms with Gasteiger partial charge in [0.2, 0.25) is 0 Å². The maximum atomic E-state index is 11.7. The molecule has 9 heteroatoms. The van der Waals surface area contributed by atoms with Crippen molar-refractivity contribution in [3.05, 3.63) is 40.7 Å². The van der Waals surface area contributed by atoms with Crippen molar-refractivity contribution in [1.82, 2.24) is 15.3 Å². The molecule has 0 radical (unpaired) electrons. The summed E-state index contributed by atoms with van der Waals surface area (Å²) < 4.78 is 10.2. The lowest BCUT2D eigenvalue weighted by atomic mass is 10.4. The predicted octanol–water partition coefficient (Wildman–Crippen LogP) is 0.888. The van der Waals surface area contributed by atoms with Crippen LogP contribution in [0.25, 0.3) is 0 Å². The number of ether oxygens (including phenoxy) is 1. The summed E-state index contributed by atoms with van der Waals surface area (Å²) in [5.74, 6) is -0.772. The fraction of sp³-hybridized carbons (Fsp3) is 0.167. The number of esters is 1. The summed E-state index contributed by atoms with van der Waals surface area (Å²) in [6, 6.07) is 3.42. The first-order valence-corrected chi connectivity index (χ1v) is 6.60. The van der Waals surface area contributed by atoms with Gasteiger partial charge in [-0.1, -0.05) is 0 Å². The number of nitrogen functional groups attached to an aromatic ring is 1. The van der Waals surface area contributed by atoms with Crippen molar-refractivity contribution in [3.8, 4) is 0 Å². The topological polar surface area (TPSA) is 120 Å². The predicted molar refractivity (Wildman–Crippen MR) is 75.0 cm³/mol. The molecule has 2 aromatic rings. The van der Waals surface area contributed by atoms with Crippen LogP contribution in [0.5, 0.6) is 0 Å². The monoisotopic (exact) mass is 354 g/mol. The second kappa shape index (κ2) is 6.84. The van der Waals surface area contributed by atoms with Gasteiger partial charge in [0.05, 0.1) is 19.0 Å². The number of nitrogens with two attached hydrogens (primary N) is 1. The summed E-state index contributed by atoms with van der Waals surface area (Å²) in [6.07, 6.45) is 2.85. The van der Waals surface area contributed by atoms with Crippen molar-refractivity contribution in [2.24, 2.45) is 0 Å². The standard InChI is InChI=1S/C12H11BrN4O4/c13-8-5-16-11(14)10(17-8)12(19)21-6-9(18)15-4-7-2-1-3-20-7/h1-3,5H,4,6H2,(H2,14,16)(H,15,18). The Morgan fingerprint density at radius 3 is 3.00 bits per heavy atom. The number of halogens is 1. The molecule has 0 aliphatic heterocycles. The summed E-state index contributed by atoms with van der Waals surface area (Å²) >= 11 is 3.06. The Morgan fingerprint density at radius 2 is 2.29 bits per heavy atom. The number of hydrogen-bond donors (Lipinski definition) is 2. The van der Waals surface area contributed by atoms with Crippen molar-refractivity contribution in [2.45, 2.75) is 6.54 Å². The molecule has 0 aliphatic rings. The Bertz CT molecular complexity index is 645. The molecule has 0 saturated heterocycles. The van der Waals surface area contributed by atoms with Gasteiger partial charge < -0.3 is 20.2 Å².